The zero-order chi connectivity index (χ0) is 13.8. The predicted octanol–water partition coefficient (Wildman–Crippen LogP) is 0.225. The van der Waals surface area contributed by atoms with Crippen LogP contribution >= 0.6 is 0 Å². The number of nitrogens with one attached hydrogen (secondary N) is 2. The Kier molecular flexibility index (Phi) is 4.13. The number of Topliss-reactive ketones (excluding diaryl/α,β-unsaturated/α-hetero) is 1. The van der Waals surface area contributed by atoms with E-state index in [2.05, 4.69) is 10.6 Å². The lowest BCUT2D eigenvalue weighted by Crippen LogP contribution is -2.49. The number of carboxylic acids is 1. The highest BCUT2D eigenvalue weighted by Crippen LogP contribution is 2.19. The molecule has 6 heteroatoms. The number of aromatic hydroxyl groups is 1. The maximum absolute atomic E-state index is 12.1. The molecule has 0 spiro atoms. The fourth-order valence-electron chi connectivity index (χ4n) is 2.08. The summed E-state index contributed by atoms with van der Waals surface area (Å²) >= 11 is 0. The number of piperazine rings is 1. The quantitative estimate of drug-likeness (QED) is 0.581. The lowest BCUT2D eigenvalue weighted by Gasteiger charge is -2.23. The summed E-state index contributed by atoms with van der Waals surface area (Å²) in [6.45, 7) is 2.41. The molecule has 0 bridgehead atoms. The zero-order valence-electron chi connectivity index (χ0n) is 10.3. The van der Waals surface area contributed by atoms with Crippen LogP contribution in [0.5, 0.6) is 5.75 Å². The molecule has 1 unspecified atom stereocenters. The minimum atomic E-state index is -1.25. The molecule has 1 aliphatic rings. The number of phenols is 1. The third-order valence-electron chi connectivity index (χ3n) is 3.11. The average molecular weight is 264 g/mol. The van der Waals surface area contributed by atoms with Crippen LogP contribution in [0.25, 0.3) is 0 Å². The Labute approximate surface area is 110 Å². The van der Waals surface area contributed by atoms with Crippen molar-refractivity contribution in [2.24, 2.45) is 0 Å². The summed E-state index contributed by atoms with van der Waals surface area (Å²) in [5.74, 6) is -1.71. The standard InChI is InChI=1S/C13H16N2O4/c16-11-2-1-8(5-10(11)13(18)19)12(17)6-9-7-14-3-4-15-9/h1-2,5,9,14-16H,3-4,6-7H2,(H,18,19). The molecule has 1 heterocycles. The molecule has 19 heavy (non-hydrogen) atoms. The second-order valence-corrected chi connectivity index (χ2v) is 4.52. The molecule has 0 aromatic heterocycles. The van der Waals surface area contributed by atoms with Gasteiger partial charge in [0.25, 0.3) is 0 Å². The zero-order valence-corrected chi connectivity index (χ0v) is 10.3. The van der Waals surface area contributed by atoms with Crippen LogP contribution in [0.3, 0.4) is 0 Å². The first-order chi connectivity index (χ1) is 9.08. The first kappa shape index (κ1) is 13.5. The van der Waals surface area contributed by atoms with Crippen LogP contribution in [-0.2, 0) is 0 Å². The van der Waals surface area contributed by atoms with Gasteiger partial charge in [0, 0.05) is 37.7 Å². The van der Waals surface area contributed by atoms with Crippen LogP contribution in [0.2, 0.25) is 0 Å². The number of carbonyl (C=O) groups is 2. The Morgan fingerprint density at radius 2 is 2.11 bits per heavy atom. The summed E-state index contributed by atoms with van der Waals surface area (Å²) in [5.41, 5.74) is 0.0585. The van der Waals surface area contributed by atoms with Crippen molar-refractivity contribution < 1.29 is 19.8 Å². The molecule has 0 amide bonds. The van der Waals surface area contributed by atoms with Crippen LogP contribution in [0, 0.1) is 0 Å². The Hall–Kier alpha value is -1.92. The summed E-state index contributed by atoms with van der Waals surface area (Å²) in [5, 5.41) is 24.7. The molecular formula is C13H16N2O4. The number of ketones is 1. The van der Waals surface area contributed by atoms with Crippen molar-refractivity contribution in [1.82, 2.24) is 10.6 Å². The van der Waals surface area contributed by atoms with Crippen LogP contribution in [-0.4, -0.2) is 47.6 Å². The summed E-state index contributed by atoms with van der Waals surface area (Å²) in [6, 6.07) is 3.96. The summed E-state index contributed by atoms with van der Waals surface area (Å²) in [7, 11) is 0. The van der Waals surface area contributed by atoms with E-state index < -0.39 is 5.97 Å². The molecule has 1 atom stereocenters. The molecule has 102 valence electrons. The van der Waals surface area contributed by atoms with Gasteiger partial charge in [0.15, 0.2) is 5.78 Å². The maximum Gasteiger partial charge on any atom is 0.339 e. The third kappa shape index (κ3) is 3.30. The van der Waals surface area contributed by atoms with Gasteiger partial charge in [-0.05, 0) is 18.2 Å². The van der Waals surface area contributed by atoms with E-state index in [-0.39, 0.29) is 23.1 Å². The van der Waals surface area contributed by atoms with Crippen LogP contribution in [0.4, 0.5) is 0 Å². The van der Waals surface area contributed by atoms with Crippen molar-refractivity contribution >= 4 is 11.8 Å². The lowest BCUT2D eigenvalue weighted by atomic mass is 10.0. The molecule has 1 aromatic carbocycles. The van der Waals surface area contributed by atoms with Gasteiger partial charge < -0.3 is 20.8 Å². The number of rotatable bonds is 4. The highest BCUT2D eigenvalue weighted by molar-refractivity contribution is 6.00. The first-order valence-corrected chi connectivity index (χ1v) is 6.11. The van der Waals surface area contributed by atoms with Crippen molar-refractivity contribution in [2.45, 2.75) is 12.5 Å². The van der Waals surface area contributed by atoms with Crippen LogP contribution in [0.15, 0.2) is 18.2 Å². The van der Waals surface area contributed by atoms with E-state index in [0.717, 1.165) is 19.6 Å². The van der Waals surface area contributed by atoms with E-state index in [9.17, 15) is 14.7 Å². The molecule has 1 aliphatic heterocycles. The largest absolute Gasteiger partial charge is 0.507 e. The molecule has 6 nitrogen and oxygen atoms in total. The van der Waals surface area contributed by atoms with Crippen molar-refractivity contribution in [3.8, 4) is 5.75 Å². The number of hydrogen-bond donors (Lipinski definition) is 4. The fraction of sp³-hybridized carbons (Fsp3) is 0.385. The molecular weight excluding hydrogens is 248 g/mol. The van der Waals surface area contributed by atoms with Crippen molar-refractivity contribution in [3.05, 3.63) is 29.3 Å². The van der Waals surface area contributed by atoms with Gasteiger partial charge in [0.05, 0.1) is 0 Å². The van der Waals surface area contributed by atoms with E-state index >= 15 is 0 Å². The maximum atomic E-state index is 12.1. The minimum absolute atomic E-state index is 0.0586. The smallest absolute Gasteiger partial charge is 0.339 e. The van der Waals surface area contributed by atoms with Gasteiger partial charge in [0.2, 0.25) is 0 Å². The second kappa shape index (κ2) is 5.81. The van der Waals surface area contributed by atoms with Gasteiger partial charge in [-0.1, -0.05) is 0 Å². The molecule has 0 saturated carbocycles. The molecule has 0 radical (unpaired) electrons. The van der Waals surface area contributed by atoms with E-state index in [1.54, 1.807) is 0 Å². The van der Waals surface area contributed by atoms with Crippen LogP contribution in [0.1, 0.15) is 27.1 Å². The van der Waals surface area contributed by atoms with Gasteiger partial charge in [-0.3, -0.25) is 4.79 Å². The summed E-state index contributed by atoms with van der Waals surface area (Å²) in [6.07, 6.45) is 0.302. The van der Waals surface area contributed by atoms with Crippen LogP contribution < -0.4 is 10.6 Å². The third-order valence-corrected chi connectivity index (χ3v) is 3.11. The van der Waals surface area contributed by atoms with Gasteiger partial charge in [-0.2, -0.15) is 0 Å². The average Bonchev–Trinajstić information content (AvgIpc) is 2.40. The summed E-state index contributed by atoms with van der Waals surface area (Å²) in [4.78, 5) is 22.9. The van der Waals surface area contributed by atoms with E-state index in [0.29, 0.717) is 12.0 Å². The van der Waals surface area contributed by atoms with E-state index in [4.69, 9.17) is 5.11 Å². The molecule has 1 aromatic rings. The van der Waals surface area contributed by atoms with E-state index in [1.807, 2.05) is 0 Å². The van der Waals surface area contributed by atoms with Gasteiger partial charge >= 0.3 is 5.97 Å². The molecule has 2 rings (SSSR count). The Balaban J connectivity index is 2.10. The van der Waals surface area contributed by atoms with Crippen molar-refractivity contribution in [1.29, 1.82) is 0 Å². The molecule has 1 fully saturated rings. The van der Waals surface area contributed by atoms with Crippen molar-refractivity contribution in [3.63, 3.8) is 0 Å². The number of carboxylic acid groups (broad SMARTS) is 1. The number of benzene rings is 1. The highest BCUT2D eigenvalue weighted by Gasteiger charge is 2.19. The number of hydrogen-bond acceptors (Lipinski definition) is 5. The van der Waals surface area contributed by atoms with Gasteiger partial charge in [0.1, 0.15) is 11.3 Å². The minimum Gasteiger partial charge on any atom is -0.507 e. The number of aromatic carboxylic acids is 1. The monoisotopic (exact) mass is 264 g/mol. The fourth-order valence-corrected chi connectivity index (χ4v) is 2.08. The lowest BCUT2D eigenvalue weighted by molar-refractivity contribution is 0.0693. The molecule has 0 aliphatic carbocycles. The molecule has 4 N–H and O–H groups in total. The number of carbonyl (C=O) groups excluding carboxylic acids is 1. The van der Waals surface area contributed by atoms with E-state index in [1.165, 1.54) is 18.2 Å². The summed E-state index contributed by atoms with van der Waals surface area (Å²) < 4.78 is 0. The normalized spacial score (nSPS) is 19.1. The predicted molar refractivity (Wildman–Crippen MR) is 68.7 cm³/mol. The highest BCUT2D eigenvalue weighted by atomic mass is 16.4. The van der Waals surface area contributed by atoms with Crippen molar-refractivity contribution in [2.75, 3.05) is 19.6 Å². The Morgan fingerprint density at radius 3 is 2.74 bits per heavy atom. The first-order valence-electron chi connectivity index (χ1n) is 6.11. The Bertz CT molecular complexity index is 495. The topological polar surface area (TPSA) is 98.7 Å². The van der Waals surface area contributed by atoms with Gasteiger partial charge in [-0.25, -0.2) is 4.79 Å². The van der Waals surface area contributed by atoms with Gasteiger partial charge in [-0.15, -0.1) is 0 Å². The molecule has 1 saturated heterocycles. The Morgan fingerprint density at radius 1 is 1.32 bits per heavy atom. The SMILES string of the molecule is O=C(CC1CNCCN1)c1ccc(O)c(C(=O)O)c1. The second-order valence-electron chi connectivity index (χ2n) is 4.52.